The highest BCUT2D eigenvalue weighted by Gasteiger charge is 2.24. The number of hydrogen-bond acceptors (Lipinski definition) is 2. The number of rotatable bonds is 7. The van der Waals surface area contributed by atoms with Gasteiger partial charge >= 0.3 is 0 Å². The third kappa shape index (κ3) is 6.36. The fourth-order valence-electron chi connectivity index (χ4n) is 9.91. The van der Waals surface area contributed by atoms with Crippen LogP contribution < -0.4 is 0 Å². The van der Waals surface area contributed by atoms with Gasteiger partial charge in [-0.1, -0.05) is 152 Å². The van der Waals surface area contributed by atoms with E-state index in [2.05, 4.69) is 197 Å². The van der Waals surface area contributed by atoms with Crippen LogP contribution in [0.2, 0.25) is 0 Å². The van der Waals surface area contributed by atoms with E-state index < -0.39 is 0 Å². The molecule has 12 aromatic rings. The van der Waals surface area contributed by atoms with Crippen LogP contribution in [0.1, 0.15) is 11.1 Å². The second kappa shape index (κ2) is 15.8. The lowest BCUT2D eigenvalue weighted by Crippen LogP contribution is -2.04. The van der Waals surface area contributed by atoms with Gasteiger partial charge in [-0.3, -0.25) is 0 Å². The van der Waals surface area contributed by atoms with Crippen molar-refractivity contribution in [3.8, 4) is 79.1 Å². The van der Waals surface area contributed by atoms with E-state index in [-0.39, 0.29) is 0 Å². The van der Waals surface area contributed by atoms with Crippen molar-refractivity contribution in [3.05, 3.63) is 242 Å². The molecule has 0 radical (unpaired) electrons. The highest BCUT2D eigenvalue weighted by Crippen LogP contribution is 2.45. The van der Waals surface area contributed by atoms with Gasteiger partial charge in [0.05, 0.1) is 56.7 Å². The van der Waals surface area contributed by atoms with Crippen LogP contribution in [0.4, 0.5) is 0 Å². The van der Waals surface area contributed by atoms with Crippen molar-refractivity contribution in [2.75, 3.05) is 0 Å². The van der Waals surface area contributed by atoms with E-state index in [9.17, 15) is 10.5 Å². The van der Waals surface area contributed by atoms with Crippen molar-refractivity contribution < 1.29 is 0 Å². The molecule has 0 N–H and O–H groups in total. The molecule has 2 heterocycles. The van der Waals surface area contributed by atoms with E-state index in [1.165, 1.54) is 0 Å². The molecular weight excluding hydrogens is 801 g/mol. The lowest BCUT2D eigenvalue weighted by Gasteiger charge is -2.20. The van der Waals surface area contributed by atoms with Crippen molar-refractivity contribution >= 4 is 43.6 Å². The van der Waals surface area contributed by atoms with Crippen molar-refractivity contribution in [1.29, 1.82) is 10.5 Å². The summed E-state index contributed by atoms with van der Waals surface area (Å²) < 4.78 is 4.62. The van der Waals surface area contributed by atoms with Gasteiger partial charge in [0, 0.05) is 32.7 Å². The number of aromatic nitrogens is 2. The molecule has 0 saturated carbocycles. The van der Waals surface area contributed by atoms with Crippen LogP contribution in [0.5, 0.6) is 0 Å². The first-order chi connectivity index (χ1) is 32.6. The van der Waals surface area contributed by atoms with Gasteiger partial charge < -0.3 is 9.13 Å². The molecule has 0 amide bonds. The minimum absolute atomic E-state index is 0.508. The number of benzene rings is 10. The van der Waals surface area contributed by atoms with Crippen LogP contribution in [0.25, 0.3) is 111 Å². The van der Waals surface area contributed by atoms with E-state index in [0.717, 1.165) is 111 Å². The summed E-state index contributed by atoms with van der Waals surface area (Å²) in [5.41, 5.74) is 17.4. The van der Waals surface area contributed by atoms with Crippen LogP contribution in [-0.2, 0) is 0 Å². The predicted octanol–water partition coefficient (Wildman–Crippen LogP) is 16.0. The van der Waals surface area contributed by atoms with Crippen LogP contribution >= 0.6 is 0 Å². The quantitative estimate of drug-likeness (QED) is 0.161. The summed E-state index contributed by atoms with van der Waals surface area (Å²) in [6.07, 6.45) is 0. The molecular formula is C62H38N4. The van der Waals surface area contributed by atoms with Crippen LogP contribution in [0.15, 0.2) is 231 Å². The summed E-state index contributed by atoms with van der Waals surface area (Å²) in [7, 11) is 0. The molecule has 10 aromatic carbocycles. The van der Waals surface area contributed by atoms with Gasteiger partial charge in [0.2, 0.25) is 0 Å². The zero-order chi connectivity index (χ0) is 44.1. The Morgan fingerprint density at radius 2 is 0.667 bits per heavy atom. The SMILES string of the molecule is N#Cc1ccc(-n2c3ccc(-c4ccccc4)cc3c3cc(-c4ccccc4)ccc32)c(-c2c(C#N)cccc2-n2c3ccc(-c4ccccc4)cc3c3cc(-c4ccccc4)ccc32)c1. The maximum atomic E-state index is 11.1. The average Bonchev–Trinajstić information content (AvgIpc) is 3.90. The summed E-state index contributed by atoms with van der Waals surface area (Å²) >= 11 is 0. The second-order valence-corrected chi connectivity index (χ2v) is 16.7. The highest BCUT2D eigenvalue weighted by atomic mass is 15.0. The predicted molar refractivity (Wildman–Crippen MR) is 272 cm³/mol. The fraction of sp³-hybridized carbons (Fsp3) is 0. The standard InChI is InChI=1S/C62H38N4/c63-39-41-24-29-60(65-56-30-25-46(42-14-5-1-6-15-42)35-51(56)52-36-47(26-31-57(52)65)43-16-7-2-8-17-43)55(34-41)62-50(40-64)22-13-23-61(62)66-58-32-27-48(44-18-9-3-10-19-44)37-53(58)54-38-49(28-33-59(54)66)45-20-11-4-12-21-45/h1-38H. The van der Waals surface area contributed by atoms with Crippen LogP contribution in [0.3, 0.4) is 0 Å². The Balaban J connectivity index is 1.15. The Hall–Kier alpha value is -9.22. The first-order valence-corrected chi connectivity index (χ1v) is 22.1. The summed E-state index contributed by atoms with van der Waals surface area (Å²) in [6.45, 7) is 0. The minimum Gasteiger partial charge on any atom is -0.309 e. The minimum atomic E-state index is 0.508. The lowest BCUT2D eigenvalue weighted by atomic mass is 9.94. The summed E-state index contributed by atoms with van der Waals surface area (Å²) in [4.78, 5) is 0. The first kappa shape index (κ1) is 38.5. The van der Waals surface area contributed by atoms with E-state index >= 15 is 0 Å². The van der Waals surface area contributed by atoms with Gasteiger partial charge in [-0.2, -0.15) is 10.5 Å². The number of hydrogen-bond donors (Lipinski definition) is 0. The fourth-order valence-corrected chi connectivity index (χ4v) is 9.91. The van der Waals surface area contributed by atoms with Gasteiger partial charge in [-0.25, -0.2) is 0 Å². The summed E-state index contributed by atoms with van der Waals surface area (Å²) in [6, 6.07) is 85.6. The summed E-state index contributed by atoms with van der Waals surface area (Å²) in [5, 5.41) is 26.1. The molecule has 0 bridgehead atoms. The van der Waals surface area contributed by atoms with Gasteiger partial charge in [-0.05, 0) is 123 Å². The van der Waals surface area contributed by atoms with Gasteiger partial charge in [-0.15, -0.1) is 0 Å². The monoisotopic (exact) mass is 838 g/mol. The third-order valence-corrected chi connectivity index (χ3v) is 13.0. The average molecular weight is 839 g/mol. The van der Waals surface area contributed by atoms with Gasteiger partial charge in [0.15, 0.2) is 0 Å². The van der Waals surface area contributed by atoms with Gasteiger partial charge in [0.25, 0.3) is 0 Å². The van der Waals surface area contributed by atoms with E-state index in [4.69, 9.17) is 0 Å². The van der Waals surface area contributed by atoms with E-state index in [0.29, 0.717) is 11.1 Å². The van der Waals surface area contributed by atoms with E-state index in [1.807, 2.05) is 54.6 Å². The number of fused-ring (bicyclic) bond motifs is 6. The molecule has 0 saturated heterocycles. The molecule has 0 unspecified atom stereocenters. The largest absolute Gasteiger partial charge is 0.309 e. The Bertz CT molecular complexity index is 3730. The normalized spacial score (nSPS) is 11.3. The molecule has 66 heavy (non-hydrogen) atoms. The zero-order valence-corrected chi connectivity index (χ0v) is 35.7. The molecule has 306 valence electrons. The number of nitrogens with zero attached hydrogens (tertiary/aromatic N) is 4. The third-order valence-electron chi connectivity index (χ3n) is 13.0. The molecule has 0 atom stereocenters. The van der Waals surface area contributed by atoms with E-state index in [1.54, 1.807) is 0 Å². The molecule has 4 nitrogen and oxygen atoms in total. The van der Waals surface area contributed by atoms with Crippen molar-refractivity contribution in [2.45, 2.75) is 0 Å². The van der Waals surface area contributed by atoms with Crippen molar-refractivity contribution in [3.63, 3.8) is 0 Å². The second-order valence-electron chi connectivity index (χ2n) is 16.7. The molecule has 0 fully saturated rings. The topological polar surface area (TPSA) is 57.4 Å². The molecule has 0 aliphatic rings. The first-order valence-electron chi connectivity index (χ1n) is 22.1. The van der Waals surface area contributed by atoms with Gasteiger partial charge in [0.1, 0.15) is 0 Å². The Morgan fingerprint density at radius 1 is 0.288 bits per heavy atom. The lowest BCUT2D eigenvalue weighted by molar-refractivity contribution is 1.16. The summed E-state index contributed by atoms with van der Waals surface area (Å²) in [5.74, 6) is 0. The Kier molecular flexibility index (Phi) is 9.23. The molecule has 2 aromatic heterocycles. The Labute approximate surface area is 382 Å². The Morgan fingerprint density at radius 3 is 1.03 bits per heavy atom. The zero-order valence-electron chi connectivity index (χ0n) is 35.7. The molecule has 0 spiro atoms. The highest BCUT2D eigenvalue weighted by molar-refractivity contribution is 6.14. The number of nitriles is 2. The molecule has 0 aliphatic heterocycles. The van der Waals surface area contributed by atoms with Crippen molar-refractivity contribution in [1.82, 2.24) is 9.13 Å². The maximum Gasteiger partial charge on any atom is 0.0998 e. The maximum absolute atomic E-state index is 11.1. The smallest absolute Gasteiger partial charge is 0.0998 e. The van der Waals surface area contributed by atoms with Crippen molar-refractivity contribution in [2.24, 2.45) is 0 Å². The van der Waals surface area contributed by atoms with Crippen LogP contribution in [0, 0.1) is 22.7 Å². The molecule has 4 heteroatoms. The molecule has 12 rings (SSSR count). The molecule has 0 aliphatic carbocycles. The van der Waals surface area contributed by atoms with Crippen LogP contribution in [-0.4, -0.2) is 9.13 Å².